The van der Waals surface area contributed by atoms with Crippen LogP contribution in [0.1, 0.15) is 12.8 Å². The van der Waals surface area contributed by atoms with Crippen molar-refractivity contribution in [3.63, 3.8) is 0 Å². The van der Waals surface area contributed by atoms with E-state index in [1.165, 1.54) is 24.3 Å². The number of benzene rings is 2. The molecule has 0 amide bonds. The fraction of sp³-hybridized carbons (Fsp3) is 0.211. The first kappa shape index (κ1) is 20.7. The summed E-state index contributed by atoms with van der Waals surface area (Å²) in [6.07, 6.45) is -2.10. The third kappa shape index (κ3) is 6.90. The SMILES string of the molecule is C=CCCC(SOc1ccc(-c2ccc(OC(F)(F)F)cc2)cc1)C(=O)O. The maximum absolute atomic E-state index is 12.2. The Labute approximate surface area is 158 Å². The Kier molecular flexibility index (Phi) is 7.18. The molecule has 144 valence electrons. The molecule has 0 aliphatic rings. The number of aliphatic carboxylic acids is 1. The van der Waals surface area contributed by atoms with Crippen molar-refractivity contribution in [1.82, 2.24) is 0 Å². The average molecular weight is 398 g/mol. The zero-order valence-electron chi connectivity index (χ0n) is 14.1. The van der Waals surface area contributed by atoms with Crippen molar-refractivity contribution in [2.24, 2.45) is 0 Å². The van der Waals surface area contributed by atoms with Gasteiger partial charge in [0.25, 0.3) is 0 Å². The lowest BCUT2D eigenvalue weighted by molar-refractivity contribution is -0.274. The molecule has 0 aliphatic carbocycles. The van der Waals surface area contributed by atoms with Gasteiger partial charge < -0.3 is 14.0 Å². The van der Waals surface area contributed by atoms with Crippen LogP contribution in [0.5, 0.6) is 11.5 Å². The molecule has 0 saturated heterocycles. The van der Waals surface area contributed by atoms with Crippen LogP contribution in [0.15, 0.2) is 61.2 Å². The number of carboxylic acids is 1. The van der Waals surface area contributed by atoms with E-state index in [0.29, 0.717) is 24.2 Å². The lowest BCUT2D eigenvalue weighted by Gasteiger charge is -2.12. The minimum Gasteiger partial charge on any atom is -0.480 e. The molecule has 0 heterocycles. The van der Waals surface area contributed by atoms with Crippen LogP contribution in [0, 0.1) is 0 Å². The van der Waals surface area contributed by atoms with Crippen molar-refractivity contribution < 1.29 is 32.0 Å². The molecule has 0 aliphatic heterocycles. The van der Waals surface area contributed by atoms with Crippen LogP contribution in [0.4, 0.5) is 13.2 Å². The van der Waals surface area contributed by atoms with Crippen LogP contribution >= 0.6 is 12.0 Å². The summed E-state index contributed by atoms with van der Waals surface area (Å²) in [5.41, 5.74) is 1.48. The number of halogens is 3. The van der Waals surface area contributed by atoms with Gasteiger partial charge in [0.15, 0.2) is 0 Å². The van der Waals surface area contributed by atoms with Gasteiger partial charge in [0.1, 0.15) is 16.7 Å². The summed E-state index contributed by atoms with van der Waals surface area (Å²) in [6.45, 7) is 3.57. The van der Waals surface area contributed by atoms with Crippen molar-refractivity contribution in [1.29, 1.82) is 0 Å². The number of allylic oxidation sites excluding steroid dienone is 1. The summed E-state index contributed by atoms with van der Waals surface area (Å²) in [4.78, 5) is 11.2. The molecular formula is C19H17F3O4S. The molecule has 0 aromatic heterocycles. The lowest BCUT2D eigenvalue weighted by atomic mass is 10.1. The van der Waals surface area contributed by atoms with E-state index in [4.69, 9.17) is 9.29 Å². The van der Waals surface area contributed by atoms with Gasteiger partial charge in [-0.15, -0.1) is 19.8 Å². The normalized spacial score (nSPS) is 12.3. The predicted octanol–water partition coefficient (Wildman–Crippen LogP) is 5.70. The second-order valence-corrected chi connectivity index (χ2v) is 6.40. The average Bonchev–Trinajstić information content (AvgIpc) is 2.61. The zero-order valence-corrected chi connectivity index (χ0v) is 14.9. The Bertz CT molecular complexity index is 758. The molecule has 2 aromatic rings. The van der Waals surface area contributed by atoms with Gasteiger partial charge in [0.2, 0.25) is 0 Å². The number of carbonyl (C=O) groups is 1. The van der Waals surface area contributed by atoms with E-state index in [9.17, 15) is 18.0 Å². The van der Waals surface area contributed by atoms with Gasteiger partial charge in [-0.05, 0) is 48.2 Å². The number of rotatable bonds is 9. The molecule has 1 N–H and O–H groups in total. The topological polar surface area (TPSA) is 55.8 Å². The van der Waals surface area contributed by atoms with Gasteiger partial charge in [-0.25, -0.2) is 0 Å². The van der Waals surface area contributed by atoms with Crippen LogP contribution < -0.4 is 8.92 Å². The molecule has 1 unspecified atom stereocenters. The van der Waals surface area contributed by atoms with E-state index >= 15 is 0 Å². The maximum atomic E-state index is 12.2. The first-order valence-electron chi connectivity index (χ1n) is 7.92. The Hall–Kier alpha value is -2.61. The second-order valence-electron chi connectivity index (χ2n) is 5.47. The summed E-state index contributed by atoms with van der Waals surface area (Å²) < 4.78 is 45.8. The highest BCUT2D eigenvalue weighted by atomic mass is 32.2. The van der Waals surface area contributed by atoms with Gasteiger partial charge in [0, 0.05) is 0 Å². The summed E-state index contributed by atoms with van der Waals surface area (Å²) in [5.74, 6) is -0.771. The van der Waals surface area contributed by atoms with E-state index in [-0.39, 0.29) is 5.75 Å². The molecular weight excluding hydrogens is 381 g/mol. The highest BCUT2D eigenvalue weighted by molar-refractivity contribution is 7.96. The van der Waals surface area contributed by atoms with Crippen LogP contribution in [0.3, 0.4) is 0 Å². The summed E-state index contributed by atoms with van der Waals surface area (Å²) >= 11 is 0.861. The van der Waals surface area contributed by atoms with Gasteiger partial charge in [-0.2, -0.15) is 0 Å². The number of hydrogen-bond donors (Lipinski definition) is 1. The third-order valence-electron chi connectivity index (χ3n) is 3.44. The monoisotopic (exact) mass is 398 g/mol. The molecule has 2 rings (SSSR count). The fourth-order valence-corrected chi connectivity index (χ4v) is 2.80. The second kappa shape index (κ2) is 9.36. The Morgan fingerprint density at radius 1 is 1.07 bits per heavy atom. The molecule has 0 saturated carbocycles. The summed E-state index contributed by atoms with van der Waals surface area (Å²) in [5, 5.41) is 8.44. The van der Waals surface area contributed by atoms with E-state index in [0.717, 1.165) is 17.6 Å². The fourth-order valence-electron chi connectivity index (χ4n) is 2.15. The molecule has 0 spiro atoms. The lowest BCUT2D eigenvalue weighted by Crippen LogP contribution is -2.17. The van der Waals surface area contributed by atoms with Crippen LogP contribution in [-0.4, -0.2) is 22.7 Å². The summed E-state index contributed by atoms with van der Waals surface area (Å²) in [7, 11) is 0. The van der Waals surface area contributed by atoms with Crippen LogP contribution in [-0.2, 0) is 4.79 Å². The van der Waals surface area contributed by atoms with Crippen molar-refractivity contribution in [3.8, 4) is 22.6 Å². The standard InChI is InChI=1S/C19H17F3O4S/c1-2-3-4-17(18(23)24)27-26-16-11-7-14(8-12-16)13-5-9-15(10-6-13)25-19(20,21)22/h2,5-12,17H,1,3-4H2,(H,23,24). The van der Waals surface area contributed by atoms with Crippen molar-refractivity contribution in [3.05, 3.63) is 61.2 Å². The van der Waals surface area contributed by atoms with E-state index in [2.05, 4.69) is 11.3 Å². The van der Waals surface area contributed by atoms with Crippen LogP contribution in [0.2, 0.25) is 0 Å². The van der Waals surface area contributed by atoms with Crippen molar-refractivity contribution >= 4 is 18.0 Å². The van der Waals surface area contributed by atoms with E-state index in [1.54, 1.807) is 30.3 Å². The van der Waals surface area contributed by atoms with Gasteiger partial charge >= 0.3 is 12.3 Å². The van der Waals surface area contributed by atoms with Gasteiger partial charge in [0.05, 0.1) is 12.0 Å². The summed E-state index contributed by atoms with van der Waals surface area (Å²) in [6, 6.07) is 12.3. The molecule has 27 heavy (non-hydrogen) atoms. The molecule has 0 radical (unpaired) electrons. The van der Waals surface area contributed by atoms with Crippen molar-refractivity contribution in [2.45, 2.75) is 24.5 Å². The molecule has 2 aromatic carbocycles. The minimum atomic E-state index is -4.72. The number of alkyl halides is 3. The highest BCUT2D eigenvalue weighted by Gasteiger charge is 2.30. The predicted molar refractivity (Wildman–Crippen MR) is 97.6 cm³/mol. The minimum absolute atomic E-state index is 0.290. The first-order valence-corrected chi connectivity index (χ1v) is 8.72. The largest absolute Gasteiger partial charge is 0.573 e. The third-order valence-corrected chi connectivity index (χ3v) is 4.40. The Balaban J connectivity index is 1.98. The molecule has 0 bridgehead atoms. The molecule has 0 fully saturated rings. The smallest absolute Gasteiger partial charge is 0.480 e. The number of ether oxygens (including phenoxy) is 1. The molecule has 1 atom stereocenters. The van der Waals surface area contributed by atoms with E-state index in [1.807, 2.05) is 0 Å². The van der Waals surface area contributed by atoms with Crippen molar-refractivity contribution in [2.75, 3.05) is 0 Å². The first-order chi connectivity index (χ1) is 12.8. The highest BCUT2D eigenvalue weighted by Crippen LogP contribution is 2.29. The quantitative estimate of drug-likeness (QED) is 0.434. The van der Waals surface area contributed by atoms with Gasteiger partial charge in [-0.3, -0.25) is 4.79 Å². The van der Waals surface area contributed by atoms with Crippen LogP contribution in [0.25, 0.3) is 11.1 Å². The Morgan fingerprint density at radius 3 is 2.04 bits per heavy atom. The Morgan fingerprint density at radius 2 is 1.59 bits per heavy atom. The molecule has 4 nitrogen and oxygen atoms in total. The molecule has 8 heteroatoms. The van der Waals surface area contributed by atoms with Gasteiger partial charge in [-0.1, -0.05) is 30.3 Å². The van der Waals surface area contributed by atoms with E-state index < -0.39 is 17.6 Å². The number of hydrogen-bond acceptors (Lipinski definition) is 4. The zero-order chi connectivity index (χ0) is 19.9. The maximum Gasteiger partial charge on any atom is 0.573 e. The number of carboxylic acid groups (broad SMARTS) is 1.